The first-order valence-electron chi connectivity index (χ1n) is 5.00. The van der Waals surface area contributed by atoms with E-state index in [1.54, 1.807) is 0 Å². The Morgan fingerprint density at radius 1 is 1.12 bits per heavy atom. The van der Waals surface area contributed by atoms with Gasteiger partial charge in [-0.2, -0.15) is 0 Å². The van der Waals surface area contributed by atoms with Crippen molar-refractivity contribution in [2.75, 3.05) is 0 Å². The molecule has 5 heteroatoms. The van der Waals surface area contributed by atoms with Gasteiger partial charge in [0, 0.05) is 6.42 Å². The fourth-order valence-corrected chi connectivity index (χ4v) is 1.92. The summed E-state index contributed by atoms with van der Waals surface area (Å²) in [6.07, 6.45) is 0.479. The lowest BCUT2D eigenvalue weighted by molar-refractivity contribution is 0.610. The maximum atomic E-state index is 13.1. The second-order valence-electron chi connectivity index (χ2n) is 3.64. The molecule has 0 N–H and O–H groups in total. The molecule has 1 aromatic carbocycles. The van der Waals surface area contributed by atoms with Gasteiger partial charge < -0.3 is 0 Å². The Labute approximate surface area is 108 Å². The van der Waals surface area contributed by atoms with Crippen molar-refractivity contribution in [1.82, 2.24) is 9.97 Å². The summed E-state index contributed by atoms with van der Waals surface area (Å²) >= 11 is 11.2. The molecule has 0 bridgehead atoms. The summed E-state index contributed by atoms with van der Waals surface area (Å²) in [4.78, 5) is 7.73. The molecule has 2 nitrogen and oxygen atoms in total. The van der Waals surface area contributed by atoms with E-state index in [1.807, 2.05) is 31.2 Å². The molecule has 0 atom stereocenters. The highest BCUT2D eigenvalue weighted by Gasteiger charge is 2.11. The lowest BCUT2D eigenvalue weighted by atomic mass is 10.1. The van der Waals surface area contributed by atoms with Crippen molar-refractivity contribution in [3.05, 3.63) is 57.3 Å². The molecule has 0 radical (unpaired) electrons. The number of hydrogen-bond donors (Lipinski definition) is 0. The Morgan fingerprint density at radius 3 is 2.29 bits per heavy atom. The number of hydrogen-bond acceptors (Lipinski definition) is 2. The van der Waals surface area contributed by atoms with Gasteiger partial charge in [0.2, 0.25) is 0 Å². The van der Waals surface area contributed by atoms with Crippen LogP contribution < -0.4 is 0 Å². The first-order chi connectivity index (χ1) is 8.08. The smallest absolute Gasteiger partial charge is 0.197 e. The zero-order valence-electron chi connectivity index (χ0n) is 9.04. The van der Waals surface area contributed by atoms with E-state index in [2.05, 4.69) is 9.97 Å². The molecule has 2 aromatic rings. The van der Waals surface area contributed by atoms with Crippen molar-refractivity contribution in [2.45, 2.75) is 13.3 Å². The molecule has 88 valence electrons. The van der Waals surface area contributed by atoms with Gasteiger partial charge in [-0.3, -0.25) is 0 Å². The number of aryl methyl sites for hydroxylation is 1. The summed E-state index contributed by atoms with van der Waals surface area (Å²) in [6, 6.07) is 7.82. The molecule has 2 rings (SSSR count). The lowest BCUT2D eigenvalue weighted by Crippen LogP contribution is -2.01. The number of nitrogens with zero attached hydrogens (tertiary/aromatic N) is 2. The normalized spacial score (nSPS) is 10.6. The summed E-state index contributed by atoms with van der Waals surface area (Å²) < 4.78 is 13.1. The average Bonchev–Trinajstić information content (AvgIpc) is 2.29. The molecule has 17 heavy (non-hydrogen) atoms. The predicted molar refractivity (Wildman–Crippen MR) is 66.0 cm³/mol. The van der Waals surface area contributed by atoms with E-state index >= 15 is 0 Å². The van der Waals surface area contributed by atoms with Crippen LogP contribution in [0.25, 0.3) is 0 Å². The Balaban J connectivity index is 2.34. The van der Waals surface area contributed by atoms with Crippen LogP contribution in [-0.2, 0) is 6.42 Å². The molecule has 0 saturated carbocycles. The summed E-state index contributed by atoms with van der Waals surface area (Å²) in [5.41, 5.74) is 2.18. The van der Waals surface area contributed by atoms with Crippen LogP contribution in [0, 0.1) is 12.7 Å². The maximum Gasteiger partial charge on any atom is 0.197 e. The van der Waals surface area contributed by atoms with Gasteiger partial charge in [-0.1, -0.05) is 47.5 Å². The predicted octanol–water partition coefficient (Wildman–Crippen LogP) is 3.82. The number of benzene rings is 1. The van der Waals surface area contributed by atoms with Crippen LogP contribution in [0.4, 0.5) is 4.39 Å². The molecule has 0 spiro atoms. The van der Waals surface area contributed by atoms with Gasteiger partial charge in [-0.05, 0) is 18.1 Å². The van der Waals surface area contributed by atoms with E-state index in [-0.39, 0.29) is 10.3 Å². The molecule has 0 aliphatic rings. The topological polar surface area (TPSA) is 25.8 Å². The van der Waals surface area contributed by atoms with Crippen LogP contribution in [0.3, 0.4) is 0 Å². The third-order valence-electron chi connectivity index (χ3n) is 2.43. The Morgan fingerprint density at radius 2 is 1.71 bits per heavy atom. The molecule has 0 fully saturated rings. The quantitative estimate of drug-likeness (QED) is 0.776. The van der Waals surface area contributed by atoms with Crippen molar-refractivity contribution in [2.24, 2.45) is 0 Å². The second-order valence-corrected chi connectivity index (χ2v) is 4.35. The molecular weight excluding hydrogens is 262 g/mol. The van der Waals surface area contributed by atoms with Gasteiger partial charge in [0.1, 0.15) is 5.82 Å². The van der Waals surface area contributed by atoms with Gasteiger partial charge in [0.15, 0.2) is 16.1 Å². The number of halogens is 3. The van der Waals surface area contributed by atoms with Crippen molar-refractivity contribution in [3.8, 4) is 0 Å². The summed E-state index contributed by atoms with van der Waals surface area (Å²) in [7, 11) is 0. The van der Waals surface area contributed by atoms with Crippen LogP contribution >= 0.6 is 23.2 Å². The van der Waals surface area contributed by atoms with Crippen LogP contribution in [0.1, 0.15) is 17.0 Å². The molecular formula is C12H9Cl2FN2. The van der Waals surface area contributed by atoms with Crippen LogP contribution in [0.5, 0.6) is 0 Å². The van der Waals surface area contributed by atoms with Crippen molar-refractivity contribution < 1.29 is 4.39 Å². The minimum absolute atomic E-state index is 0.242. The highest BCUT2D eigenvalue weighted by molar-refractivity contribution is 6.33. The first kappa shape index (κ1) is 12.3. The molecule has 0 aliphatic heterocycles. The minimum atomic E-state index is -0.776. The number of rotatable bonds is 2. The second kappa shape index (κ2) is 4.98. The van der Waals surface area contributed by atoms with E-state index in [1.165, 1.54) is 0 Å². The third kappa shape index (κ3) is 2.73. The summed E-state index contributed by atoms with van der Waals surface area (Å²) in [5, 5.41) is -0.484. The zero-order chi connectivity index (χ0) is 12.4. The molecule has 0 saturated heterocycles. The summed E-state index contributed by atoms with van der Waals surface area (Å²) in [5.74, 6) is -0.363. The molecule has 0 aliphatic carbocycles. The van der Waals surface area contributed by atoms with E-state index in [0.29, 0.717) is 12.2 Å². The Hall–Kier alpha value is -1.19. The average molecular weight is 271 g/mol. The molecule has 0 amide bonds. The van der Waals surface area contributed by atoms with E-state index in [0.717, 1.165) is 11.1 Å². The SMILES string of the molecule is Cc1ccccc1Cc1nc(Cl)c(F)c(Cl)n1. The fraction of sp³-hybridized carbons (Fsp3) is 0.167. The van der Waals surface area contributed by atoms with Gasteiger partial charge in [0.05, 0.1) is 0 Å². The van der Waals surface area contributed by atoms with Gasteiger partial charge >= 0.3 is 0 Å². The van der Waals surface area contributed by atoms with E-state index in [4.69, 9.17) is 23.2 Å². The molecule has 1 heterocycles. The maximum absolute atomic E-state index is 13.1. The van der Waals surface area contributed by atoms with Crippen molar-refractivity contribution >= 4 is 23.2 Å². The Kier molecular flexibility index (Phi) is 3.60. The highest BCUT2D eigenvalue weighted by Crippen LogP contribution is 2.20. The Bertz CT molecular complexity index is 535. The minimum Gasteiger partial charge on any atom is -0.218 e. The lowest BCUT2D eigenvalue weighted by Gasteiger charge is -2.05. The third-order valence-corrected chi connectivity index (χ3v) is 2.93. The van der Waals surface area contributed by atoms with Gasteiger partial charge in [-0.25, -0.2) is 14.4 Å². The molecule has 1 aromatic heterocycles. The molecule has 0 unspecified atom stereocenters. The first-order valence-corrected chi connectivity index (χ1v) is 5.75. The van der Waals surface area contributed by atoms with Crippen LogP contribution in [0.15, 0.2) is 24.3 Å². The van der Waals surface area contributed by atoms with E-state index < -0.39 is 5.82 Å². The van der Waals surface area contributed by atoms with Crippen LogP contribution in [0.2, 0.25) is 10.3 Å². The van der Waals surface area contributed by atoms with Crippen molar-refractivity contribution in [3.63, 3.8) is 0 Å². The summed E-state index contributed by atoms with van der Waals surface area (Å²) in [6.45, 7) is 1.99. The van der Waals surface area contributed by atoms with Crippen molar-refractivity contribution in [1.29, 1.82) is 0 Å². The zero-order valence-corrected chi connectivity index (χ0v) is 10.6. The fourth-order valence-electron chi connectivity index (χ4n) is 1.49. The number of aromatic nitrogens is 2. The largest absolute Gasteiger partial charge is 0.218 e. The standard InChI is InChI=1S/C12H9Cl2FN2/c1-7-4-2-3-5-8(7)6-9-16-11(13)10(15)12(14)17-9/h2-5H,6H2,1H3. The van der Waals surface area contributed by atoms with Gasteiger partial charge in [-0.15, -0.1) is 0 Å². The monoisotopic (exact) mass is 270 g/mol. The van der Waals surface area contributed by atoms with E-state index in [9.17, 15) is 4.39 Å². The highest BCUT2D eigenvalue weighted by atomic mass is 35.5. The van der Waals surface area contributed by atoms with Crippen LogP contribution in [-0.4, -0.2) is 9.97 Å². The van der Waals surface area contributed by atoms with Gasteiger partial charge in [0.25, 0.3) is 0 Å².